The van der Waals surface area contributed by atoms with Crippen LogP contribution in [0.3, 0.4) is 0 Å². The second-order valence-corrected chi connectivity index (χ2v) is 6.21. The summed E-state index contributed by atoms with van der Waals surface area (Å²) in [5.74, 6) is 2.29. The average molecular weight is 350 g/mol. The Balaban J connectivity index is 2.05. The zero-order valence-corrected chi connectivity index (χ0v) is 14.5. The number of halogens is 1. The van der Waals surface area contributed by atoms with E-state index in [0.29, 0.717) is 6.42 Å². The van der Waals surface area contributed by atoms with E-state index in [9.17, 15) is 0 Å². The van der Waals surface area contributed by atoms with Gasteiger partial charge in [-0.15, -0.1) is 0 Å². The lowest BCUT2D eigenvalue weighted by molar-refractivity contribution is 0.415. The van der Waals surface area contributed by atoms with Crippen molar-refractivity contribution in [1.29, 1.82) is 0 Å². The Hall–Kier alpha value is -2.78. The van der Waals surface area contributed by atoms with Gasteiger partial charge in [0.1, 0.15) is 17.2 Å². The molecule has 3 nitrogen and oxygen atoms in total. The number of rotatable bonds is 3. The largest absolute Gasteiger partial charge is 0.497 e. The number of nitrogens with zero attached hydrogens (tertiary/aromatic N) is 1. The monoisotopic (exact) mass is 349 g/mol. The summed E-state index contributed by atoms with van der Waals surface area (Å²) < 4.78 is 11.6. The van der Waals surface area contributed by atoms with Crippen molar-refractivity contribution in [3.8, 4) is 17.2 Å². The van der Waals surface area contributed by atoms with Gasteiger partial charge in [-0.25, -0.2) is 4.98 Å². The Morgan fingerprint density at radius 1 is 1.00 bits per heavy atom. The van der Waals surface area contributed by atoms with E-state index in [1.807, 2.05) is 66.8 Å². The summed E-state index contributed by atoms with van der Waals surface area (Å²) in [5, 5.41) is 3.46. The molecule has 0 amide bonds. The van der Waals surface area contributed by atoms with Crippen LogP contribution in [-0.4, -0.2) is 12.1 Å². The lowest BCUT2D eigenvalue weighted by Crippen LogP contribution is -2.29. The van der Waals surface area contributed by atoms with Crippen molar-refractivity contribution in [3.63, 3.8) is 0 Å². The number of methoxy groups -OCH3 is 1. The fourth-order valence-electron chi connectivity index (χ4n) is 2.84. The van der Waals surface area contributed by atoms with Crippen molar-refractivity contribution in [1.82, 2.24) is 4.98 Å². The lowest BCUT2D eigenvalue weighted by Gasteiger charge is -2.11. The third kappa shape index (κ3) is 3.11. The summed E-state index contributed by atoms with van der Waals surface area (Å²) in [6, 6.07) is 15.5. The molecule has 0 saturated heterocycles. The first-order valence-electron chi connectivity index (χ1n) is 8.02. The summed E-state index contributed by atoms with van der Waals surface area (Å²) in [5.41, 5.74) is 0.855. The van der Waals surface area contributed by atoms with E-state index in [1.165, 1.54) is 0 Å². The minimum absolute atomic E-state index is 0.657. The highest BCUT2D eigenvalue weighted by Crippen LogP contribution is 2.28. The van der Waals surface area contributed by atoms with Crippen molar-refractivity contribution in [2.75, 3.05) is 7.11 Å². The summed E-state index contributed by atoms with van der Waals surface area (Å²) in [4.78, 5) is 4.77. The second-order valence-electron chi connectivity index (χ2n) is 5.73. The normalized spacial score (nSPS) is 13.1. The van der Waals surface area contributed by atoms with Crippen LogP contribution >= 0.6 is 11.6 Å². The molecule has 0 atom stereocenters. The Kier molecular flexibility index (Phi) is 4.16. The van der Waals surface area contributed by atoms with Crippen LogP contribution < -0.4 is 20.0 Å². The molecule has 25 heavy (non-hydrogen) atoms. The van der Waals surface area contributed by atoms with Gasteiger partial charge in [-0.05, 0) is 42.5 Å². The maximum Gasteiger partial charge on any atom is 0.146 e. The van der Waals surface area contributed by atoms with Gasteiger partial charge >= 0.3 is 0 Å². The number of fused-ring (bicyclic) bond motifs is 2. The van der Waals surface area contributed by atoms with Gasteiger partial charge in [0.25, 0.3) is 0 Å². The summed E-state index contributed by atoms with van der Waals surface area (Å²) in [6.45, 7) is 0. The van der Waals surface area contributed by atoms with Gasteiger partial charge in [-0.3, -0.25) is 0 Å². The molecule has 1 aliphatic rings. The predicted octanol–water partition coefficient (Wildman–Crippen LogP) is 4.12. The van der Waals surface area contributed by atoms with Gasteiger partial charge in [0, 0.05) is 22.1 Å². The minimum Gasteiger partial charge on any atom is -0.497 e. The molecule has 0 spiro atoms. The highest BCUT2D eigenvalue weighted by atomic mass is 35.5. The fraction of sp³-hybridized carbons (Fsp3) is 0.0952. The molecule has 0 bridgehead atoms. The molecule has 0 aliphatic heterocycles. The number of benzene rings is 2. The van der Waals surface area contributed by atoms with Crippen molar-refractivity contribution in [3.05, 3.63) is 70.2 Å². The van der Waals surface area contributed by atoms with E-state index in [0.717, 1.165) is 43.8 Å². The van der Waals surface area contributed by atoms with Gasteiger partial charge in [-0.2, -0.15) is 0 Å². The summed E-state index contributed by atoms with van der Waals surface area (Å²) in [6.07, 6.45) is 6.55. The summed E-state index contributed by atoms with van der Waals surface area (Å²) >= 11 is 6.21. The fourth-order valence-corrected chi connectivity index (χ4v) is 2.98. The SMILES string of the molecule is COc1ccc2nc3c(c(Oc4ccccc4)c2c1)=CC=C(Cl)CC=3. The quantitative estimate of drug-likeness (QED) is 0.712. The van der Waals surface area contributed by atoms with Gasteiger partial charge in [0.2, 0.25) is 0 Å². The molecule has 2 aromatic carbocycles. The zero-order valence-electron chi connectivity index (χ0n) is 13.7. The maximum atomic E-state index is 6.26. The lowest BCUT2D eigenvalue weighted by atomic mass is 10.1. The predicted molar refractivity (Wildman–Crippen MR) is 102 cm³/mol. The van der Waals surface area contributed by atoms with Crippen LogP contribution in [0.5, 0.6) is 17.2 Å². The van der Waals surface area contributed by atoms with Gasteiger partial charge in [0.05, 0.1) is 18.0 Å². The van der Waals surface area contributed by atoms with Gasteiger partial charge in [0.15, 0.2) is 0 Å². The third-order valence-electron chi connectivity index (χ3n) is 4.09. The van der Waals surface area contributed by atoms with Gasteiger partial charge in [-0.1, -0.05) is 35.9 Å². The van der Waals surface area contributed by atoms with Crippen molar-refractivity contribution < 1.29 is 9.47 Å². The highest BCUT2D eigenvalue weighted by Gasteiger charge is 2.11. The number of hydrogen-bond acceptors (Lipinski definition) is 3. The number of hydrogen-bond donors (Lipinski definition) is 0. The van der Waals surface area contributed by atoms with E-state index >= 15 is 0 Å². The number of allylic oxidation sites excluding steroid dienone is 2. The highest BCUT2D eigenvalue weighted by molar-refractivity contribution is 6.30. The molecule has 1 aliphatic carbocycles. The van der Waals surface area contributed by atoms with Crippen LogP contribution in [0.25, 0.3) is 23.1 Å². The third-order valence-corrected chi connectivity index (χ3v) is 4.37. The standard InChI is InChI=1S/C21H16ClNO2/c1-24-16-9-12-20-18(13-16)21(25-15-5-3-2-4-6-15)17-10-7-14(22)8-11-19(17)23-20/h2-7,9-13H,8H2,1H3. The smallest absolute Gasteiger partial charge is 0.146 e. The zero-order chi connectivity index (χ0) is 17.2. The molecule has 0 saturated carbocycles. The van der Waals surface area contributed by atoms with E-state index in [1.54, 1.807) is 7.11 Å². The molecular formula is C21H16ClNO2. The first-order chi connectivity index (χ1) is 12.2. The molecule has 3 aromatic rings. The molecule has 4 heteroatoms. The van der Waals surface area contributed by atoms with Gasteiger partial charge < -0.3 is 9.47 Å². The molecule has 0 radical (unpaired) electrons. The summed E-state index contributed by atoms with van der Waals surface area (Å²) in [7, 11) is 1.65. The van der Waals surface area contributed by atoms with E-state index in [2.05, 4.69) is 0 Å². The molecule has 0 N–H and O–H groups in total. The number of pyridine rings is 1. The van der Waals surface area contributed by atoms with Crippen molar-refractivity contribution in [2.24, 2.45) is 0 Å². The van der Waals surface area contributed by atoms with Crippen LogP contribution in [0.2, 0.25) is 0 Å². The number of aromatic nitrogens is 1. The first kappa shape index (κ1) is 15.7. The molecule has 0 unspecified atom stereocenters. The molecule has 0 fully saturated rings. The van der Waals surface area contributed by atoms with Crippen LogP contribution in [-0.2, 0) is 0 Å². The Morgan fingerprint density at radius 2 is 1.84 bits per heavy atom. The molecule has 124 valence electrons. The Morgan fingerprint density at radius 3 is 2.64 bits per heavy atom. The van der Waals surface area contributed by atoms with E-state index in [4.69, 9.17) is 26.1 Å². The molecule has 1 aromatic heterocycles. The van der Waals surface area contributed by atoms with E-state index < -0.39 is 0 Å². The van der Waals surface area contributed by atoms with Crippen LogP contribution in [0.1, 0.15) is 6.42 Å². The second kappa shape index (κ2) is 6.61. The molecule has 4 rings (SSSR count). The number of ether oxygens (including phenoxy) is 2. The van der Waals surface area contributed by atoms with Crippen LogP contribution in [0, 0.1) is 0 Å². The Labute approximate surface area is 150 Å². The first-order valence-corrected chi connectivity index (χ1v) is 8.39. The van der Waals surface area contributed by atoms with Crippen LogP contribution in [0.15, 0.2) is 59.6 Å². The van der Waals surface area contributed by atoms with Crippen LogP contribution in [0.4, 0.5) is 0 Å². The molecule has 1 heterocycles. The minimum atomic E-state index is 0.657. The maximum absolute atomic E-state index is 6.26. The number of para-hydroxylation sites is 1. The van der Waals surface area contributed by atoms with E-state index in [-0.39, 0.29) is 0 Å². The topological polar surface area (TPSA) is 31.4 Å². The van der Waals surface area contributed by atoms with Crippen molar-refractivity contribution >= 4 is 34.7 Å². The molecular weight excluding hydrogens is 334 g/mol. The average Bonchev–Trinajstić information content (AvgIpc) is 2.84. The van der Waals surface area contributed by atoms with Crippen molar-refractivity contribution in [2.45, 2.75) is 6.42 Å². The Bertz CT molecular complexity index is 1090.